The van der Waals surface area contributed by atoms with E-state index in [4.69, 9.17) is 10.2 Å². The fourth-order valence-electron chi connectivity index (χ4n) is 2.23. The number of benzene rings is 2. The Morgan fingerprint density at radius 1 is 1.12 bits per heavy atom. The molecule has 0 spiro atoms. The van der Waals surface area contributed by atoms with Crippen molar-refractivity contribution in [2.45, 2.75) is 11.8 Å². The van der Waals surface area contributed by atoms with E-state index in [1.165, 1.54) is 23.5 Å². The van der Waals surface area contributed by atoms with Crippen LogP contribution in [0.4, 0.5) is 5.69 Å². The molecule has 0 radical (unpaired) electrons. The van der Waals surface area contributed by atoms with Crippen LogP contribution in [-0.4, -0.2) is 31.7 Å². The maximum Gasteiger partial charge on any atom is 0.335 e. The maximum absolute atomic E-state index is 12.5. The van der Waals surface area contributed by atoms with E-state index in [0.29, 0.717) is 4.90 Å². The highest BCUT2D eigenvalue weighted by Crippen LogP contribution is 2.26. The first-order chi connectivity index (χ1) is 11.8. The number of aromatic nitrogens is 1. The number of hydrogen-bond donors (Lipinski definition) is 3. The summed E-state index contributed by atoms with van der Waals surface area (Å²) < 4.78 is 16.1. The molecule has 128 valence electrons. The number of nitrogens with zero attached hydrogens (tertiary/aromatic N) is 1. The summed E-state index contributed by atoms with van der Waals surface area (Å²) >= 11 is -0.207. The van der Waals surface area contributed by atoms with Gasteiger partial charge in [-0.1, -0.05) is 0 Å². The highest BCUT2D eigenvalue weighted by molar-refractivity contribution is 7.92. The van der Waals surface area contributed by atoms with E-state index >= 15 is 0 Å². The van der Waals surface area contributed by atoms with Gasteiger partial charge in [-0.15, -0.1) is 11.3 Å². The molecular formula is C16H12N2O5S2. The second-order valence-corrected chi connectivity index (χ2v) is 7.59. The Kier molecular flexibility index (Phi) is 4.62. The molecule has 1 atom stereocenters. The van der Waals surface area contributed by atoms with Gasteiger partial charge in [0.1, 0.15) is 11.4 Å². The third-order valence-electron chi connectivity index (χ3n) is 3.32. The molecule has 0 aliphatic carbocycles. The quantitative estimate of drug-likeness (QED) is 0.585. The van der Waals surface area contributed by atoms with Crippen molar-refractivity contribution < 1.29 is 24.4 Å². The van der Waals surface area contributed by atoms with Crippen molar-refractivity contribution in [2.24, 2.45) is 0 Å². The smallest absolute Gasteiger partial charge is 0.335 e. The summed E-state index contributed by atoms with van der Waals surface area (Å²) in [5.41, 5.74) is 0.557. The Bertz CT molecular complexity index is 954. The van der Waals surface area contributed by atoms with Crippen molar-refractivity contribution in [3.63, 3.8) is 0 Å². The van der Waals surface area contributed by atoms with E-state index in [2.05, 4.69) is 9.71 Å². The molecule has 9 heteroatoms. The van der Waals surface area contributed by atoms with Crippen LogP contribution in [-0.2, 0) is 11.4 Å². The highest BCUT2D eigenvalue weighted by atomic mass is 32.2. The molecule has 1 unspecified atom stereocenters. The van der Waals surface area contributed by atoms with Crippen LogP contribution in [0, 0.1) is 6.92 Å². The first kappa shape index (κ1) is 17.2. The molecule has 1 aromatic heterocycles. The van der Waals surface area contributed by atoms with E-state index in [1.54, 1.807) is 18.2 Å². The van der Waals surface area contributed by atoms with E-state index < -0.39 is 23.3 Å². The van der Waals surface area contributed by atoms with Gasteiger partial charge in [0.15, 0.2) is 4.90 Å². The van der Waals surface area contributed by atoms with Crippen LogP contribution in [0.3, 0.4) is 0 Å². The Hall–Kier alpha value is -2.62. The van der Waals surface area contributed by atoms with Gasteiger partial charge in [0.2, 0.25) is 0 Å². The van der Waals surface area contributed by atoms with Gasteiger partial charge < -0.3 is 14.8 Å². The highest BCUT2D eigenvalue weighted by Gasteiger charge is 2.17. The summed E-state index contributed by atoms with van der Waals surface area (Å²) in [6, 6.07) is 8.67. The van der Waals surface area contributed by atoms with Gasteiger partial charge >= 0.3 is 11.9 Å². The first-order valence-corrected chi connectivity index (χ1v) is 8.97. The molecule has 0 amide bonds. The lowest BCUT2D eigenvalue weighted by molar-refractivity contribution is 0.0696. The van der Waals surface area contributed by atoms with Crippen LogP contribution < -0.4 is 4.72 Å². The Morgan fingerprint density at radius 3 is 2.36 bits per heavy atom. The minimum Gasteiger partial charge on any atom is -0.588 e. The van der Waals surface area contributed by atoms with Crippen molar-refractivity contribution in [1.29, 1.82) is 0 Å². The summed E-state index contributed by atoms with van der Waals surface area (Å²) in [6.45, 7) is 1.88. The molecule has 3 N–H and O–H groups in total. The number of aromatic carboxylic acids is 2. The lowest BCUT2D eigenvalue weighted by Gasteiger charge is -2.12. The average Bonchev–Trinajstić information content (AvgIpc) is 2.93. The number of aryl methyl sites for hydroxylation is 1. The van der Waals surface area contributed by atoms with Crippen molar-refractivity contribution in [3.05, 3.63) is 52.5 Å². The third-order valence-corrected chi connectivity index (χ3v) is 5.36. The number of rotatable bonds is 5. The SMILES string of the molecule is Cc1nc2ccc([S+]([O-])Nc3cc(C(=O)O)cc(C(=O)O)c3)cc2s1. The minimum absolute atomic E-state index is 0.149. The monoisotopic (exact) mass is 376 g/mol. The average molecular weight is 376 g/mol. The van der Waals surface area contributed by atoms with Crippen LogP contribution in [0.25, 0.3) is 10.2 Å². The predicted molar refractivity (Wildman–Crippen MR) is 94.7 cm³/mol. The standard InChI is InChI=1S/C16H12N2O5S2/c1-8-17-13-3-2-12(7-14(13)24-8)25(23)18-11-5-9(15(19)20)4-10(6-11)16(21)22/h2-7,18H,1H3,(H,19,20)(H,21,22). The number of nitrogens with one attached hydrogen (secondary N) is 1. The van der Waals surface area contributed by atoms with Crippen LogP contribution in [0.1, 0.15) is 25.7 Å². The minimum atomic E-state index is -1.68. The molecule has 0 fully saturated rings. The summed E-state index contributed by atoms with van der Waals surface area (Å²) in [4.78, 5) is 27.1. The topological polar surface area (TPSA) is 123 Å². The summed E-state index contributed by atoms with van der Waals surface area (Å²) in [5.74, 6) is -2.53. The number of carbonyl (C=O) groups is 2. The van der Waals surface area contributed by atoms with Gasteiger partial charge in [0.05, 0.1) is 32.0 Å². The second kappa shape index (κ2) is 6.71. The molecule has 0 aliphatic rings. The molecule has 3 aromatic rings. The number of hydrogen-bond acceptors (Lipinski definition) is 6. The van der Waals surface area contributed by atoms with Gasteiger partial charge in [0, 0.05) is 6.07 Å². The van der Waals surface area contributed by atoms with Crippen molar-refractivity contribution in [2.75, 3.05) is 4.72 Å². The zero-order valence-electron chi connectivity index (χ0n) is 12.8. The Labute approximate surface area is 149 Å². The largest absolute Gasteiger partial charge is 0.588 e. The normalized spacial score (nSPS) is 12.1. The third kappa shape index (κ3) is 3.73. The Morgan fingerprint density at radius 2 is 1.76 bits per heavy atom. The molecule has 2 aromatic carbocycles. The van der Waals surface area contributed by atoms with Gasteiger partial charge in [-0.25, -0.2) is 19.3 Å². The molecule has 0 bridgehead atoms. The molecule has 1 heterocycles. The van der Waals surface area contributed by atoms with Gasteiger partial charge in [-0.3, -0.25) is 0 Å². The number of carboxylic acids is 2. The summed E-state index contributed by atoms with van der Waals surface area (Å²) in [6.07, 6.45) is 0. The van der Waals surface area contributed by atoms with E-state index in [-0.39, 0.29) is 16.8 Å². The van der Waals surface area contributed by atoms with E-state index in [0.717, 1.165) is 21.3 Å². The molecule has 0 saturated heterocycles. The van der Waals surface area contributed by atoms with E-state index in [1.807, 2.05) is 6.92 Å². The van der Waals surface area contributed by atoms with Gasteiger partial charge in [-0.2, -0.15) is 0 Å². The number of anilines is 1. The second-order valence-electron chi connectivity index (χ2n) is 5.14. The fourth-order valence-corrected chi connectivity index (χ4v) is 4.04. The van der Waals surface area contributed by atoms with Crippen LogP contribution >= 0.6 is 11.3 Å². The molecular weight excluding hydrogens is 364 g/mol. The first-order valence-electron chi connectivity index (χ1n) is 7.01. The van der Waals surface area contributed by atoms with Crippen molar-refractivity contribution >= 4 is 50.5 Å². The zero-order chi connectivity index (χ0) is 18.1. The Balaban J connectivity index is 1.91. The van der Waals surface area contributed by atoms with Gasteiger partial charge in [-0.05, 0) is 37.3 Å². The molecule has 3 rings (SSSR count). The van der Waals surface area contributed by atoms with Crippen molar-refractivity contribution in [3.8, 4) is 0 Å². The fraction of sp³-hybridized carbons (Fsp3) is 0.0625. The molecule has 0 saturated carbocycles. The lowest BCUT2D eigenvalue weighted by Crippen LogP contribution is -2.14. The van der Waals surface area contributed by atoms with E-state index in [9.17, 15) is 14.1 Å². The van der Waals surface area contributed by atoms with Gasteiger partial charge in [0.25, 0.3) is 0 Å². The molecule has 0 aliphatic heterocycles. The van der Waals surface area contributed by atoms with Crippen LogP contribution in [0.15, 0.2) is 41.3 Å². The van der Waals surface area contributed by atoms with Crippen molar-refractivity contribution in [1.82, 2.24) is 4.98 Å². The number of carboxylic acid groups (broad SMARTS) is 2. The maximum atomic E-state index is 12.5. The molecule has 25 heavy (non-hydrogen) atoms. The summed E-state index contributed by atoms with van der Waals surface area (Å²) in [7, 11) is 0. The lowest BCUT2D eigenvalue weighted by atomic mass is 10.1. The van der Waals surface area contributed by atoms with Crippen LogP contribution in [0.5, 0.6) is 0 Å². The van der Waals surface area contributed by atoms with Crippen LogP contribution in [0.2, 0.25) is 0 Å². The molecule has 7 nitrogen and oxygen atoms in total. The summed E-state index contributed by atoms with van der Waals surface area (Å²) in [5, 5.41) is 19.1. The predicted octanol–water partition coefficient (Wildman–Crippen LogP) is 3.14. The number of thiazole rings is 1. The number of fused-ring (bicyclic) bond motifs is 1. The zero-order valence-corrected chi connectivity index (χ0v) is 14.5.